The number of hydrogen-bond acceptors (Lipinski definition) is 7. The molecule has 3 unspecified atom stereocenters. The summed E-state index contributed by atoms with van der Waals surface area (Å²) in [7, 11) is 4.13. The largest absolute Gasteiger partial charge is 0.374 e. The lowest BCUT2D eigenvalue weighted by molar-refractivity contribution is -0.127. The molecule has 0 aliphatic heterocycles. The number of rotatable bonds is 12. The van der Waals surface area contributed by atoms with Crippen LogP contribution in [0.25, 0.3) is 22.5 Å². The molecule has 1 aliphatic rings. The number of aromatic nitrogens is 4. The second-order valence-corrected chi connectivity index (χ2v) is 11.3. The van der Waals surface area contributed by atoms with E-state index in [-0.39, 0.29) is 24.2 Å². The van der Waals surface area contributed by atoms with Gasteiger partial charge in [0.25, 0.3) is 0 Å². The van der Waals surface area contributed by atoms with Crippen molar-refractivity contribution in [1.82, 2.24) is 30.8 Å². The summed E-state index contributed by atoms with van der Waals surface area (Å²) in [5, 5.41) is 17.5. The first kappa shape index (κ1) is 29.3. The lowest BCUT2D eigenvalue weighted by Crippen LogP contribution is -2.47. The van der Waals surface area contributed by atoms with Crippen LogP contribution in [0.5, 0.6) is 0 Å². The number of Topliss-reactive ketones (excluding diaryl/α,β-unsaturated/α-hetero) is 1. The summed E-state index contributed by atoms with van der Waals surface area (Å²) >= 11 is 0. The van der Waals surface area contributed by atoms with Gasteiger partial charge in [0.15, 0.2) is 5.78 Å². The molecule has 1 aromatic heterocycles. The van der Waals surface area contributed by atoms with E-state index in [1.807, 2.05) is 66.7 Å². The van der Waals surface area contributed by atoms with Crippen LogP contribution in [0.4, 0.5) is 0 Å². The molecule has 1 saturated carbocycles. The Balaban J connectivity index is 1.31. The molecule has 0 spiro atoms. The minimum atomic E-state index is -0.784. The maximum Gasteiger partial charge on any atom is 0.223 e. The van der Waals surface area contributed by atoms with Crippen molar-refractivity contribution < 1.29 is 14.3 Å². The Kier molecular flexibility index (Phi) is 9.84. The van der Waals surface area contributed by atoms with Crippen molar-refractivity contribution in [2.75, 3.05) is 27.2 Å². The van der Waals surface area contributed by atoms with Crippen molar-refractivity contribution in [3.8, 4) is 22.5 Å². The maximum atomic E-state index is 13.8. The number of aromatic amines is 1. The van der Waals surface area contributed by atoms with Gasteiger partial charge in [-0.05, 0) is 61.2 Å². The zero-order valence-electron chi connectivity index (χ0n) is 24.2. The molecule has 2 N–H and O–H groups in total. The number of amides is 1. The maximum absolute atomic E-state index is 13.8. The number of nitrogens with zero attached hydrogens (tertiary/aromatic N) is 4. The van der Waals surface area contributed by atoms with Crippen LogP contribution in [-0.4, -0.2) is 70.5 Å². The molecule has 1 amide bonds. The topological polar surface area (TPSA) is 113 Å². The van der Waals surface area contributed by atoms with E-state index in [4.69, 9.17) is 4.74 Å². The highest BCUT2D eigenvalue weighted by Gasteiger charge is 2.31. The first-order valence-corrected chi connectivity index (χ1v) is 14.5. The molecule has 42 heavy (non-hydrogen) atoms. The van der Waals surface area contributed by atoms with Crippen molar-refractivity contribution >= 4 is 11.7 Å². The molecule has 3 aromatic carbocycles. The molecule has 0 bridgehead atoms. The molecule has 0 radical (unpaired) electrons. The normalized spacial score (nSPS) is 17.6. The smallest absolute Gasteiger partial charge is 0.223 e. The van der Waals surface area contributed by atoms with E-state index < -0.39 is 6.04 Å². The van der Waals surface area contributed by atoms with Crippen molar-refractivity contribution in [3.05, 3.63) is 90.0 Å². The van der Waals surface area contributed by atoms with Crippen LogP contribution in [-0.2, 0) is 16.1 Å². The number of benzene rings is 3. The summed E-state index contributed by atoms with van der Waals surface area (Å²) < 4.78 is 5.97. The number of ketones is 1. The zero-order chi connectivity index (χ0) is 29.3. The monoisotopic (exact) mass is 566 g/mol. The van der Waals surface area contributed by atoms with E-state index in [1.165, 1.54) is 0 Å². The molecule has 5 rings (SSSR count). The van der Waals surface area contributed by atoms with Gasteiger partial charge in [-0.15, -0.1) is 10.2 Å². The second kappa shape index (κ2) is 14.1. The van der Waals surface area contributed by atoms with E-state index in [1.54, 1.807) is 12.1 Å². The molecule has 9 heteroatoms. The second-order valence-electron chi connectivity index (χ2n) is 11.3. The molecule has 9 nitrogen and oxygen atoms in total. The van der Waals surface area contributed by atoms with Gasteiger partial charge in [-0.2, -0.15) is 5.21 Å². The molecular weight excluding hydrogens is 528 g/mol. The molecule has 1 fully saturated rings. The van der Waals surface area contributed by atoms with Gasteiger partial charge >= 0.3 is 0 Å². The first-order valence-electron chi connectivity index (χ1n) is 14.5. The van der Waals surface area contributed by atoms with Gasteiger partial charge in [0.1, 0.15) is 6.04 Å². The molecule has 0 saturated heterocycles. The van der Waals surface area contributed by atoms with Crippen LogP contribution < -0.4 is 5.32 Å². The van der Waals surface area contributed by atoms with Gasteiger partial charge in [0.05, 0.1) is 13.2 Å². The highest BCUT2D eigenvalue weighted by Crippen LogP contribution is 2.31. The summed E-state index contributed by atoms with van der Waals surface area (Å²) in [6.45, 7) is 1.42. The van der Waals surface area contributed by atoms with E-state index in [9.17, 15) is 9.59 Å². The predicted molar refractivity (Wildman–Crippen MR) is 161 cm³/mol. The Bertz CT molecular complexity index is 1440. The molecule has 1 heterocycles. The average Bonchev–Trinajstić information content (AvgIpc) is 3.56. The molecular formula is C33H38N6O3. The van der Waals surface area contributed by atoms with Gasteiger partial charge in [0, 0.05) is 23.6 Å². The number of hydrogen-bond donors (Lipinski definition) is 2. The quantitative estimate of drug-likeness (QED) is 0.237. The third-order valence-corrected chi connectivity index (χ3v) is 7.80. The molecule has 4 aromatic rings. The van der Waals surface area contributed by atoms with E-state index >= 15 is 0 Å². The zero-order valence-corrected chi connectivity index (χ0v) is 24.2. The summed E-state index contributed by atoms with van der Waals surface area (Å²) in [6, 6.07) is 24.2. The summed E-state index contributed by atoms with van der Waals surface area (Å²) in [5.41, 5.74) is 4.21. The predicted octanol–water partition coefficient (Wildman–Crippen LogP) is 4.79. The summed E-state index contributed by atoms with van der Waals surface area (Å²) in [6.07, 6.45) is 3.83. The number of ether oxygens (including phenoxy) is 1. The van der Waals surface area contributed by atoms with E-state index in [0.29, 0.717) is 23.9 Å². The standard InChI is InChI=1S/C33H38N6O3/c1-39(2)20-24-11-8-12-27(19-24)33(41)34-30(22-42-21-23-9-4-3-5-10-23)31(40)26-17-15-25(16-18-26)28-13-6-7-14-29(28)32-35-37-38-36-32/h3-7,9-10,13-18,24,27,30H,8,11-12,19-22H2,1-2H3,(H,34,41)(H,35,36,37,38). The Labute approximate surface area is 246 Å². The molecule has 1 aliphatic carbocycles. The number of H-pyrrole nitrogens is 1. The van der Waals surface area contributed by atoms with Crippen LogP contribution in [0, 0.1) is 11.8 Å². The van der Waals surface area contributed by atoms with E-state index in [0.717, 1.165) is 54.5 Å². The van der Waals surface area contributed by atoms with Crippen LogP contribution >= 0.6 is 0 Å². The lowest BCUT2D eigenvalue weighted by Gasteiger charge is -2.31. The highest BCUT2D eigenvalue weighted by atomic mass is 16.5. The fourth-order valence-corrected chi connectivity index (χ4v) is 5.77. The fraction of sp³-hybridized carbons (Fsp3) is 0.364. The van der Waals surface area contributed by atoms with Gasteiger partial charge in [-0.3, -0.25) is 9.59 Å². The number of carbonyl (C=O) groups is 2. The first-order chi connectivity index (χ1) is 20.5. The number of tetrazole rings is 1. The Morgan fingerprint density at radius 2 is 1.71 bits per heavy atom. The molecule has 218 valence electrons. The van der Waals surface area contributed by atoms with Gasteiger partial charge in [-0.1, -0.05) is 85.3 Å². The van der Waals surface area contributed by atoms with Crippen molar-refractivity contribution in [1.29, 1.82) is 0 Å². The minimum Gasteiger partial charge on any atom is -0.374 e. The number of carbonyl (C=O) groups excluding carboxylic acids is 2. The summed E-state index contributed by atoms with van der Waals surface area (Å²) in [5.74, 6) is 0.647. The van der Waals surface area contributed by atoms with E-state index in [2.05, 4.69) is 44.9 Å². The van der Waals surface area contributed by atoms with Crippen LogP contribution in [0.2, 0.25) is 0 Å². The Morgan fingerprint density at radius 3 is 2.43 bits per heavy atom. The Hall–Kier alpha value is -4.21. The van der Waals surface area contributed by atoms with Crippen LogP contribution in [0.1, 0.15) is 41.6 Å². The SMILES string of the molecule is CN(C)CC1CCCC(C(=O)NC(COCc2ccccc2)C(=O)c2ccc(-c3ccccc3-c3nn[nH]n3)cc2)C1. The van der Waals surface area contributed by atoms with Crippen molar-refractivity contribution in [3.63, 3.8) is 0 Å². The van der Waals surface area contributed by atoms with Crippen LogP contribution in [0.3, 0.4) is 0 Å². The van der Waals surface area contributed by atoms with Gasteiger partial charge in [0.2, 0.25) is 11.7 Å². The fourth-order valence-electron chi connectivity index (χ4n) is 5.77. The van der Waals surface area contributed by atoms with Gasteiger partial charge < -0.3 is 15.0 Å². The number of nitrogens with one attached hydrogen (secondary N) is 2. The molecule has 3 atom stereocenters. The third kappa shape index (κ3) is 7.54. The van der Waals surface area contributed by atoms with Crippen LogP contribution in [0.15, 0.2) is 78.9 Å². The average molecular weight is 567 g/mol. The Morgan fingerprint density at radius 1 is 0.976 bits per heavy atom. The summed E-state index contributed by atoms with van der Waals surface area (Å²) in [4.78, 5) is 29.4. The van der Waals surface area contributed by atoms with Crippen molar-refractivity contribution in [2.45, 2.75) is 38.3 Å². The van der Waals surface area contributed by atoms with Crippen molar-refractivity contribution in [2.24, 2.45) is 11.8 Å². The van der Waals surface area contributed by atoms with Gasteiger partial charge in [-0.25, -0.2) is 0 Å². The highest BCUT2D eigenvalue weighted by molar-refractivity contribution is 6.02. The lowest BCUT2D eigenvalue weighted by atomic mass is 9.80. The third-order valence-electron chi connectivity index (χ3n) is 7.80. The minimum absolute atomic E-state index is 0.0641.